The van der Waals surface area contributed by atoms with Gasteiger partial charge in [0.2, 0.25) is 11.8 Å². The Morgan fingerprint density at radius 3 is 2.29 bits per heavy atom. The van der Waals surface area contributed by atoms with Gasteiger partial charge in [-0.05, 0) is 86.8 Å². The van der Waals surface area contributed by atoms with Gasteiger partial charge in [0.05, 0.1) is 12.6 Å². The molecule has 0 bridgehead atoms. The Morgan fingerprint density at radius 2 is 1.67 bits per heavy atom. The molecule has 1 aromatic heterocycles. The van der Waals surface area contributed by atoms with E-state index in [0.29, 0.717) is 17.4 Å². The lowest BCUT2D eigenvalue weighted by molar-refractivity contribution is -0.137. The first-order valence-corrected chi connectivity index (χ1v) is 15.9. The minimum atomic E-state index is -0.297. The second-order valence-electron chi connectivity index (χ2n) is 12.5. The molecule has 2 aliphatic carbocycles. The Kier molecular flexibility index (Phi) is 12.1. The Hall–Kier alpha value is -2.20. The molecular weight excluding hydrogens is 573 g/mol. The third kappa shape index (κ3) is 8.46. The monoisotopic (exact) mass is 619 g/mol. The standard InChI is InChI=1S/C31H46ClN7O2.ClH/c32-25-8-6-23(7-9-25)18-28(36-26-10-12-27(13-11-26)37-29(40)19-33)30(41)38-16-14-31(15-17-38,20-39-22-34-21-35-39)24-4-2-1-3-5-24;/h6-9,21-22,24,26-28,36H,1-5,10-20,33H2,(H,37,40);1H/t26-,27+,28-;/m1./s1. The number of halogens is 2. The summed E-state index contributed by atoms with van der Waals surface area (Å²) < 4.78 is 2.00. The molecule has 0 unspecified atom stereocenters. The van der Waals surface area contributed by atoms with Crippen LogP contribution in [0, 0.1) is 11.3 Å². The van der Waals surface area contributed by atoms with E-state index in [-0.39, 0.29) is 54.3 Å². The van der Waals surface area contributed by atoms with E-state index in [0.717, 1.165) is 63.7 Å². The van der Waals surface area contributed by atoms with Crippen molar-refractivity contribution >= 4 is 35.8 Å². The highest BCUT2D eigenvalue weighted by atomic mass is 35.5. The van der Waals surface area contributed by atoms with Crippen LogP contribution in [0.3, 0.4) is 0 Å². The number of carbonyl (C=O) groups excluding carboxylic acids is 2. The average molecular weight is 621 g/mol. The zero-order valence-electron chi connectivity index (χ0n) is 24.6. The summed E-state index contributed by atoms with van der Waals surface area (Å²) >= 11 is 6.15. The molecule has 0 radical (unpaired) electrons. The van der Waals surface area contributed by atoms with E-state index < -0.39 is 0 Å². The second-order valence-corrected chi connectivity index (χ2v) is 12.9. The quantitative estimate of drug-likeness (QED) is 0.368. The van der Waals surface area contributed by atoms with Crippen molar-refractivity contribution in [1.29, 1.82) is 0 Å². The molecule has 2 heterocycles. The van der Waals surface area contributed by atoms with Crippen LogP contribution in [0.2, 0.25) is 5.02 Å². The van der Waals surface area contributed by atoms with Crippen LogP contribution in [0.5, 0.6) is 0 Å². The van der Waals surface area contributed by atoms with Crippen molar-refractivity contribution in [3.05, 3.63) is 47.5 Å². The summed E-state index contributed by atoms with van der Waals surface area (Å²) in [6.07, 6.45) is 16.2. The van der Waals surface area contributed by atoms with Crippen LogP contribution < -0.4 is 16.4 Å². The molecule has 1 atom stereocenters. The number of nitrogens with one attached hydrogen (secondary N) is 2. The number of rotatable bonds is 10. The summed E-state index contributed by atoms with van der Waals surface area (Å²) in [5, 5.41) is 11.9. The largest absolute Gasteiger partial charge is 0.352 e. The maximum atomic E-state index is 14.1. The fraction of sp³-hybridized carbons (Fsp3) is 0.677. The van der Waals surface area contributed by atoms with Gasteiger partial charge >= 0.3 is 0 Å². The summed E-state index contributed by atoms with van der Waals surface area (Å²) in [6.45, 7) is 2.46. The lowest BCUT2D eigenvalue weighted by atomic mass is 9.63. The zero-order valence-corrected chi connectivity index (χ0v) is 26.1. The first-order chi connectivity index (χ1) is 19.9. The zero-order chi connectivity index (χ0) is 28.7. The molecule has 2 aromatic rings. The predicted octanol–water partition coefficient (Wildman–Crippen LogP) is 4.13. The second kappa shape index (κ2) is 15.5. The minimum absolute atomic E-state index is 0. The van der Waals surface area contributed by atoms with Crippen LogP contribution in [-0.4, -0.2) is 69.2 Å². The molecule has 3 fully saturated rings. The number of piperidine rings is 1. The van der Waals surface area contributed by atoms with E-state index in [9.17, 15) is 9.59 Å². The molecule has 9 nitrogen and oxygen atoms in total. The van der Waals surface area contributed by atoms with Crippen LogP contribution >= 0.6 is 24.0 Å². The molecular formula is C31H47Cl2N7O2. The molecule has 1 aliphatic heterocycles. The van der Waals surface area contributed by atoms with E-state index in [2.05, 4.69) is 25.6 Å². The third-order valence-electron chi connectivity index (χ3n) is 9.85. The fourth-order valence-electron chi connectivity index (χ4n) is 7.49. The van der Waals surface area contributed by atoms with Crippen LogP contribution in [0.25, 0.3) is 0 Å². The molecule has 3 aliphatic rings. The maximum absolute atomic E-state index is 14.1. The predicted molar refractivity (Wildman–Crippen MR) is 167 cm³/mol. The Labute approximate surface area is 261 Å². The molecule has 5 rings (SSSR count). The van der Waals surface area contributed by atoms with E-state index in [1.54, 1.807) is 6.33 Å². The van der Waals surface area contributed by atoms with Gasteiger partial charge < -0.3 is 21.3 Å². The number of aromatic nitrogens is 3. The number of hydrogen-bond donors (Lipinski definition) is 3. The molecule has 0 spiro atoms. The minimum Gasteiger partial charge on any atom is -0.352 e. The van der Waals surface area contributed by atoms with Gasteiger partial charge in [0.15, 0.2) is 0 Å². The number of nitrogens with two attached hydrogens (primary N) is 1. The SMILES string of the molecule is Cl.NCC(=O)N[C@H]1CC[C@@H](N[C@H](Cc2ccc(Cl)cc2)C(=O)N2CCC(Cn3cncn3)(C3CCCCC3)CC2)CC1. The van der Waals surface area contributed by atoms with E-state index in [4.69, 9.17) is 17.3 Å². The summed E-state index contributed by atoms with van der Waals surface area (Å²) in [4.78, 5) is 32.2. The highest BCUT2D eigenvalue weighted by Crippen LogP contribution is 2.47. The molecule has 4 N–H and O–H groups in total. The molecule has 1 aromatic carbocycles. The topological polar surface area (TPSA) is 118 Å². The third-order valence-corrected chi connectivity index (χ3v) is 10.1. The van der Waals surface area contributed by atoms with Crippen molar-refractivity contribution in [3.8, 4) is 0 Å². The van der Waals surface area contributed by atoms with E-state index >= 15 is 0 Å². The van der Waals surface area contributed by atoms with Crippen LogP contribution in [-0.2, 0) is 22.6 Å². The van der Waals surface area contributed by atoms with Crippen molar-refractivity contribution in [2.75, 3.05) is 19.6 Å². The Bertz CT molecular complexity index is 1110. The highest BCUT2D eigenvalue weighted by Gasteiger charge is 2.44. The number of benzene rings is 1. The van der Waals surface area contributed by atoms with Gasteiger partial charge in [0.25, 0.3) is 0 Å². The summed E-state index contributed by atoms with van der Waals surface area (Å²) in [7, 11) is 0. The Balaban J connectivity index is 0.00000405. The van der Waals surface area contributed by atoms with Crippen LogP contribution in [0.4, 0.5) is 0 Å². The van der Waals surface area contributed by atoms with Crippen molar-refractivity contribution in [1.82, 2.24) is 30.3 Å². The lowest BCUT2D eigenvalue weighted by Crippen LogP contribution is -2.56. The van der Waals surface area contributed by atoms with Crippen LogP contribution in [0.1, 0.15) is 76.2 Å². The molecule has 2 amide bonds. The molecule has 11 heteroatoms. The first-order valence-electron chi connectivity index (χ1n) is 15.6. The highest BCUT2D eigenvalue weighted by molar-refractivity contribution is 6.30. The van der Waals surface area contributed by atoms with Crippen molar-refractivity contribution in [2.24, 2.45) is 17.1 Å². The summed E-state index contributed by atoms with van der Waals surface area (Å²) in [5.74, 6) is 0.766. The van der Waals surface area contributed by atoms with Crippen molar-refractivity contribution in [3.63, 3.8) is 0 Å². The number of hydrogen-bond acceptors (Lipinski definition) is 6. The van der Waals surface area contributed by atoms with Gasteiger partial charge in [0.1, 0.15) is 12.7 Å². The van der Waals surface area contributed by atoms with Gasteiger partial charge in [-0.1, -0.05) is 43.0 Å². The van der Waals surface area contributed by atoms with E-state index in [1.165, 1.54) is 32.1 Å². The summed E-state index contributed by atoms with van der Waals surface area (Å²) in [6, 6.07) is 7.93. The number of likely N-dealkylation sites (tertiary alicyclic amines) is 1. The van der Waals surface area contributed by atoms with Gasteiger partial charge in [-0.25, -0.2) is 4.98 Å². The normalized spacial score (nSPS) is 23.5. The Morgan fingerprint density at radius 1 is 1.00 bits per heavy atom. The fourth-order valence-corrected chi connectivity index (χ4v) is 7.62. The van der Waals surface area contributed by atoms with E-state index in [1.807, 2.05) is 35.3 Å². The number of carbonyl (C=O) groups is 2. The van der Waals surface area contributed by atoms with Gasteiger partial charge in [0, 0.05) is 36.7 Å². The van der Waals surface area contributed by atoms with Gasteiger partial charge in [-0.15, -0.1) is 12.4 Å². The number of amides is 2. The van der Waals surface area contributed by atoms with Crippen molar-refractivity contribution in [2.45, 2.75) is 102 Å². The summed E-state index contributed by atoms with van der Waals surface area (Å²) in [5.41, 5.74) is 6.74. The van der Waals surface area contributed by atoms with Gasteiger partial charge in [-0.2, -0.15) is 5.10 Å². The maximum Gasteiger partial charge on any atom is 0.240 e. The lowest BCUT2D eigenvalue weighted by Gasteiger charge is -2.48. The molecule has 232 valence electrons. The molecule has 2 saturated carbocycles. The van der Waals surface area contributed by atoms with Crippen LogP contribution in [0.15, 0.2) is 36.9 Å². The van der Waals surface area contributed by atoms with Gasteiger partial charge in [-0.3, -0.25) is 14.3 Å². The smallest absolute Gasteiger partial charge is 0.240 e. The number of nitrogens with zero attached hydrogens (tertiary/aromatic N) is 4. The molecule has 42 heavy (non-hydrogen) atoms. The first kappa shape index (κ1) is 32.7. The molecule has 1 saturated heterocycles. The van der Waals surface area contributed by atoms with Crippen molar-refractivity contribution < 1.29 is 9.59 Å². The average Bonchev–Trinajstić information content (AvgIpc) is 3.52.